The molecule has 1 aliphatic rings. The molecule has 1 N–H and O–H groups in total. The average Bonchev–Trinajstić information content (AvgIpc) is 2.42. The highest BCUT2D eigenvalue weighted by atomic mass is 31.2. The molecule has 19 heavy (non-hydrogen) atoms. The largest absolute Gasteiger partial charge is 0.475 e. The summed E-state index contributed by atoms with van der Waals surface area (Å²) >= 11 is 0. The molecule has 1 aromatic rings. The summed E-state index contributed by atoms with van der Waals surface area (Å²) in [6, 6.07) is 5.38. The van der Waals surface area contributed by atoms with Gasteiger partial charge in [0, 0.05) is 6.42 Å². The Morgan fingerprint density at radius 3 is 2.74 bits per heavy atom. The first-order chi connectivity index (χ1) is 9.05. The Morgan fingerprint density at radius 2 is 2.00 bits per heavy atom. The molecule has 7 heteroatoms. The zero-order chi connectivity index (χ0) is 13.7. The first-order valence-corrected chi connectivity index (χ1v) is 7.63. The summed E-state index contributed by atoms with van der Waals surface area (Å²) in [6.45, 7) is 0.192. The fourth-order valence-electron chi connectivity index (χ4n) is 1.75. The molecule has 1 fully saturated rings. The highest BCUT2D eigenvalue weighted by Gasteiger charge is 2.28. The Hall–Kier alpha value is -0.940. The molecular formula is C12H16FO5P. The summed E-state index contributed by atoms with van der Waals surface area (Å²) < 4.78 is 39.5. The molecule has 106 valence electrons. The Kier molecular flexibility index (Phi) is 4.93. The third-order valence-electron chi connectivity index (χ3n) is 2.67. The van der Waals surface area contributed by atoms with Gasteiger partial charge >= 0.3 is 7.82 Å². The number of halogens is 1. The molecule has 0 amide bonds. The van der Waals surface area contributed by atoms with E-state index < -0.39 is 14.1 Å². The fourth-order valence-corrected chi connectivity index (χ4v) is 2.61. The van der Waals surface area contributed by atoms with E-state index in [1.54, 1.807) is 0 Å². The highest BCUT2D eigenvalue weighted by Crippen LogP contribution is 2.46. The van der Waals surface area contributed by atoms with Crippen molar-refractivity contribution in [1.29, 1.82) is 0 Å². The summed E-state index contributed by atoms with van der Waals surface area (Å²) in [5, 5.41) is 0. The molecule has 2 rings (SSSR count). The van der Waals surface area contributed by atoms with E-state index in [9.17, 15) is 13.8 Å². The normalized spacial score (nSPS) is 29.1. The lowest BCUT2D eigenvalue weighted by molar-refractivity contribution is -0.0254. The number of hydrogen-bond acceptors (Lipinski definition) is 4. The van der Waals surface area contributed by atoms with Crippen molar-refractivity contribution in [2.24, 2.45) is 0 Å². The van der Waals surface area contributed by atoms with Gasteiger partial charge in [-0.3, -0.25) is 4.52 Å². The average molecular weight is 290 g/mol. The number of phosphoric acid groups is 1. The van der Waals surface area contributed by atoms with E-state index in [1.165, 1.54) is 24.3 Å². The molecule has 0 radical (unpaired) electrons. The lowest BCUT2D eigenvalue weighted by Gasteiger charge is -2.20. The number of phosphoric ester groups is 1. The lowest BCUT2D eigenvalue weighted by Crippen LogP contribution is -2.19. The van der Waals surface area contributed by atoms with Crippen LogP contribution in [-0.4, -0.2) is 17.8 Å². The maximum absolute atomic E-state index is 12.8. The Labute approximate surface area is 110 Å². The van der Waals surface area contributed by atoms with Crippen LogP contribution in [0.1, 0.15) is 25.7 Å². The van der Waals surface area contributed by atoms with E-state index >= 15 is 0 Å². The predicted molar refractivity (Wildman–Crippen MR) is 66.1 cm³/mol. The molecule has 0 spiro atoms. The minimum absolute atomic E-state index is 0.192. The molecule has 0 saturated carbocycles. The van der Waals surface area contributed by atoms with Crippen LogP contribution in [0.15, 0.2) is 24.3 Å². The zero-order valence-electron chi connectivity index (χ0n) is 10.3. The fraction of sp³-hybridized carbons (Fsp3) is 0.500. The van der Waals surface area contributed by atoms with Gasteiger partial charge in [-0.15, -0.1) is 0 Å². The maximum atomic E-state index is 12.8. The second-order valence-corrected chi connectivity index (χ2v) is 5.66. The minimum Gasteiger partial charge on any atom is -0.464 e. The summed E-state index contributed by atoms with van der Waals surface area (Å²) in [6.07, 6.45) is 1.98. The van der Waals surface area contributed by atoms with Crippen LogP contribution < -0.4 is 4.74 Å². The summed E-state index contributed by atoms with van der Waals surface area (Å²) in [7, 11) is -4.09. The first-order valence-electron chi connectivity index (χ1n) is 6.13. The molecule has 1 aliphatic heterocycles. The van der Waals surface area contributed by atoms with Crippen molar-refractivity contribution in [3.8, 4) is 5.75 Å². The van der Waals surface area contributed by atoms with Crippen molar-refractivity contribution >= 4 is 7.82 Å². The third-order valence-corrected chi connectivity index (χ3v) is 3.68. The third kappa shape index (κ3) is 4.91. The van der Waals surface area contributed by atoms with Gasteiger partial charge in [0.25, 0.3) is 0 Å². The van der Waals surface area contributed by atoms with Crippen LogP contribution >= 0.6 is 7.82 Å². The van der Waals surface area contributed by atoms with Crippen LogP contribution in [0.2, 0.25) is 0 Å². The summed E-state index contributed by atoms with van der Waals surface area (Å²) in [5.41, 5.74) is 0. The van der Waals surface area contributed by atoms with Crippen LogP contribution in [0.25, 0.3) is 0 Å². The standard InChI is InChI=1S/C12H16FO5P/c13-10-5-7-11(8-6-10)17-12-4-2-1-3-9-16-19(14,15)18-12/h5-8,12H,1-4,9H2,(H,14,15). The molecule has 0 aliphatic carbocycles. The quantitative estimate of drug-likeness (QED) is 0.847. The molecule has 2 unspecified atom stereocenters. The number of ether oxygens (including phenoxy) is 1. The van der Waals surface area contributed by atoms with Crippen molar-refractivity contribution in [3.63, 3.8) is 0 Å². The number of benzene rings is 1. The van der Waals surface area contributed by atoms with Crippen LogP contribution in [0.3, 0.4) is 0 Å². The Balaban J connectivity index is 2.03. The van der Waals surface area contributed by atoms with Crippen molar-refractivity contribution in [2.45, 2.75) is 32.0 Å². The Bertz CT molecular complexity index is 450. The van der Waals surface area contributed by atoms with E-state index in [4.69, 9.17) is 13.8 Å². The van der Waals surface area contributed by atoms with Gasteiger partial charge in [-0.2, -0.15) is 0 Å². The monoisotopic (exact) mass is 290 g/mol. The second-order valence-electron chi connectivity index (χ2n) is 4.26. The van der Waals surface area contributed by atoms with Crippen LogP contribution in [0.5, 0.6) is 5.75 Å². The van der Waals surface area contributed by atoms with Crippen LogP contribution in [0.4, 0.5) is 4.39 Å². The van der Waals surface area contributed by atoms with E-state index in [2.05, 4.69) is 0 Å². The topological polar surface area (TPSA) is 65.0 Å². The number of rotatable bonds is 2. The highest BCUT2D eigenvalue weighted by molar-refractivity contribution is 7.47. The van der Waals surface area contributed by atoms with Gasteiger partial charge in [0.2, 0.25) is 6.29 Å². The molecule has 2 atom stereocenters. The van der Waals surface area contributed by atoms with E-state index in [0.29, 0.717) is 18.6 Å². The van der Waals surface area contributed by atoms with E-state index in [-0.39, 0.29) is 12.4 Å². The van der Waals surface area contributed by atoms with Gasteiger partial charge in [0.05, 0.1) is 6.61 Å². The maximum Gasteiger partial charge on any atom is 0.475 e. The summed E-state index contributed by atoms with van der Waals surface area (Å²) in [4.78, 5) is 9.47. The van der Waals surface area contributed by atoms with Crippen molar-refractivity contribution < 1.29 is 27.6 Å². The SMILES string of the molecule is O=P1(O)OCCCCCC(Oc2ccc(F)cc2)O1. The van der Waals surface area contributed by atoms with E-state index in [1.807, 2.05) is 0 Å². The van der Waals surface area contributed by atoms with Gasteiger partial charge in [-0.1, -0.05) is 6.42 Å². The van der Waals surface area contributed by atoms with Gasteiger partial charge in [0.15, 0.2) is 0 Å². The molecule has 1 heterocycles. The van der Waals surface area contributed by atoms with Crippen molar-refractivity contribution in [2.75, 3.05) is 6.61 Å². The molecule has 5 nitrogen and oxygen atoms in total. The predicted octanol–water partition coefficient (Wildman–Crippen LogP) is 3.24. The molecule has 1 aromatic carbocycles. The van der Waals surface area contributed by atoms with Crippen molar-refractivity contribution in [1.82, 2.24) is 0 Å². The van der Waals surface area contributed by atoms with Crippen LogP contribution in [-0.2, 0) is 13.6 Å². The first kappa shape index (κ1) is 14.5. The van der Waals surface area contributed by atoms with Gasteiger partial charge < -0.3 is 9.63 Å². The summed E-state index contributed by atoms with van der Waals surface area (Å²) in [5.74, 6) is 0.00421. The van der Waals surface area contributed by atoms with Gasteiger partial charge in [-0.25, -0.2) is 13.5 Å². The van der Waals surface area contributed by atoms with E-state index in [0.717, 1.165) is 12.8 Å². The van der Waals surface area contributed by atoms with Crippen LogP contribution in [0, 0.1) is 5.82 Å². The second kappa shape index (κ2) is 6.48. The zero-order valence-corrected chi connectivity index (χ0v) is 11.2. The van der Waals surface area contributed by atoms with Crippen molar-refractivity contribution in [3.05, 3.63) is 30.1 Å². The molecule has 0 bridgehead atoms. The lowest BCUT2D eigenvalue weighted by atomic mass is 10.2. The van der Waals surface area contributed by atoms with Gasteiger partial charge in [-0.05, 0) is 37.1 Å². The Morgan fingerprint density at radius 1 is 1.26 bits per heavy atom. The smallest absolute Gasteiger partial charge is 0.464 e. The molecule has 0 aromatic heterocycles. The van der Waals surface area contributed by atoms with Gasteiger partial charge in [0.1, 0.15) is 11.6 Å². The molecule has 1 saturated heterocycles. The number of hydrogen-bond donors (Lipinski definition) is 1. The minimum atomic E-state index is -4.09. The molecular weight excluding hydrogens is 274 g/mol.